The standard InChI is InChI=1S/C22H22F4N4O2/c1-13(2)19(12-31)29-21-28-18(14-4-3-5-17(10-14)32-22(24,25)26)11-20(30-21)27-16-8-6-15(23)7-9-16/h3-11,13,19,31H,12H2,1-2H3,(H2,27,28,29,30)/t19-/m1/s1. The lowest BCUT2D eigenvalue weighted by molar-refractivity contribution is -0.274. The summed E-state index contributed by atoms with van der Waals surface area (Å²) in [5.74, 6) is -0.227. The summed E-state index contributed by atoms with van der Waals surface area (Å²) >= 11 is 0. The molecule has 0 spiro atoms. The van der Waals surface area contributed by atoms with Gasteiger partial charge in [0.2, 0.25) is 5.95 Å². The van der Waals surface area contributed by atoms with Crippen LogP contribution >= 0.6 is 0 Å². The van der Waals surface area contributed by atoms with Crippen molar-refractivity contribution >= 4 is 17.5 Å². The Bertz CT molecular complexity index is 1040. The van der Waals surface area contributed by atoms with Gasteiger partial charge in [0.15, 0.2) is 0 Å². The number of alkyl halides is 3. The highest BCUT2D eigenvalue weighted by molar-refractivity contribution is 5.68. The van der Waals surface area contributed by atoms with E-state index in [4.69, 9.17) is 0 Å². The number of halogens is 4. The maximum atomic E-state index is 13.2. The summed E-state index contributed by atoms with van der Waals surface area (Å²) in [6.07, 6.45) is -4.82. The number of anilines is 3. The van der Waals surface area contributed by atoms with Crippen LogP contribution in [0.1, 0.15) is 13.8 Å². The molecule has 170 valence electrons. The number of nitrogens with one attached hydrogen (secondary N) is 2. The van der Waals surface area contributed by atoms with E-state index in [1.54, 1.807) is 12.1 Å². The molecule has 0 fully saturated rings. The van der Waals surface area contributed by atoms with E-state index in [1.807, 2.05) is 13.8 Å². The number of aliphatic hydroxyl groups is 1. The zero-order chi connectivity index (χ0) is 23.3. The largest absolute Gasteiger partial charge is 0.573 e. The Morgan fingerprint density at radius 3 is 2.38 bits per heavy atom. The van der Waals surface area contributed by atoms with Gasteiger partial charge in [0, 0.05) is 17.3 Å². The molecule has 1 atom stereocenters. The molecule has 6 nitrogen and oxygen atoms in total. The van der Waals surface area contributed by atoms with Crippen LogP contribution in [0.15, 0.2) is 54.6 Å². The monoisotopic (exact) mass is 450 g/mol. The number of rotatable bonds is 8. The molecule has 0 radical (unpaired) electrons. The highest BCUT2D eigenvalue weighted by atomic mass is 19.4. The number of nitrogens with zero attached hydrogens (tertiary/aromatic N) is 2. The second kappa shape index (κ2) is 9.82. The van der Waals surface area contributed by atoms with Crippen LogP contribution in [0.3, 0.4) is 0 Å². The Morgan fingerprint density at radius 2 is 1.75 bits per heavy atom. The first-order valence-electron chi connectivity index (χ1n) is 9.78. The molecule has 0 unspecified atom stereocenters. The SMILES string of the molecule is CC(C)[C@@H](CO)Nc1nc(Nc2ccc(F)cc2)cc(-c2cccc(OC(F)(F)F)c2)n1. The van der Waals surface area contributed by atoms with E-state index >= 15 is 0 Å². The normalized spacial score (nSPS) is 12.5. The van der Waals surface area contributed by atoms with E-state index in [2.05, 4.69) is 25.3 Å². The molecule has 3 N–H and O–H groups in total. The summed E-state index contributed by atoms with van der Waals surface area (Å²) in [5.41, 5.74) is 1.24. The van der Waals surface area contributed by atoms with Crippen molar-refractivity contribution in [1.82, 2.24) is 9.97 Å². The number of hydrogen-bond donors (Lipinski definition) is 3. The summed E-state index contributed by atoms with van der Waals surface area (Å²) < 4.78 is 55.1. The summed E-state index contributed by atoms with van der Waals surface area (Å²) in [5, 5.41) is 15.7. The number of aliphatic hydroxyl groups excluding tert-OH is 1. The molecule has 2 aromatic carbocycles. The second-order valence-corrected chi connectivity index (χ2v) is 7.35. The Morgan fingerprint density at radius 1 is 1.03 bits per heavy atom. The van der Waals surface area contributed by atoms with Gasteiger partial charge in [-0.25, -0.2) is 9.37 Å². The minimum absolute atomic E-state index is 0.0595. The van der Waals surface area contributed by atoms with Crippen molar-refractivity contribution in [2.24, 2.45) is 5.92 Å². The van der Waals surface area contributed by atoms with Gasteiger partial charge in [-0.15, -0.1) is 13.2 Å². The van der Waals surface area contributed by atoms with Gasteiger partial charge in [0.05, 0.1) is 18.3 Å². The molecular formula is C22H22F4N4O2. The third-order valence-electron chi connectivity index (χ3n) is 4.52. The smallest absolute Gasteiger partial charge is 0.406 e. The average Bonchev–Trinajstić information content (AvgIpc) is 2.72. The zero-order valence-corrected chi connectivity index (χ0v) is 17.3. The van der Waals surface area contributed by atoms with Gasteiger partial charge < -0.3 is 20.5 Å². The van der Waals surface area contributed by atoms with E-state index in [-0.39, 0.29) is 30.3 Å². The summed E-state index contributed by atoms with van der Waals surface area (Å²) in [6.45, 7) is 3.65. The second-order valence-electron chi connectivity index (χ2n) is 7.35. The molecule has 0 aliphatic rings. The van der Waals surface area contributed by atoms with Crippen molar-refractivity contribution in [3.05, 3.63) is 60.4 Å². The van der Waals surface area contributed by atoms with E-state index in [0.717, 1.165) is 0 Å². The molecule has 32 heavy (non-hydrogen) atoms. The fourth-order valence-electron chi connectivity index (χ4n) is 2.85. The molecule has 3 aromatic rings. The quantitative estimate of drug-likeness (QED) is 0.402. The van der Waals surface area contributed by atoms with E-state index < -0.39 is 12.2 Å². The zero-order valence-electron chi connectivity index (χ0n) is 17.3. The van der Waals surface area contributed by atoms with Gasteiger partial charge in [-0.2, -0.15) is 4.98 Å². The Labute approximate surface area is 182 Å². The van der Waals surface area contributed by atoms with Crippen molar-refractivity contribution in [3.8, 4) is 17.0 Å². The Hall–Kier alpha value is -3.40. The summed E-state index contributed by atoms with van der Waals surface area (Å²) in [6, 6.07) is 12.2. The molecule has 0 aliphatic carbocycles. The minimum Gasteiger partial charge on any atom is -0.406 e. The number of benzene rings is 2. The van der Waals surface area contributed by atoms with Gasteiger partial charge in [0.1, 0.15) is 17.4 Å². The number of ether oxygens (including phenoxy) is 1. The van der Waals surface area contributed by atoms with Gasteiger partial charge in [0.25, 0.3) is 0 Å². The molecule has 1 heterocycles. The van der Waals surface area contributed by atoms with E-state index in [9.17, 15) is 22.7 Å². The first-order valence-corrected chi connectivity index (χ1v) is 9.78. The fraction of sp³-hybridized carbons (Fsp3) is 0.273. The first kappa shape index (κ1) is 23.3. The lowest BCUT2D eigenvalue weighted by Crippen LogP contribution is -2.30. The van der Waals surface area contributed by atoms with Crippen LogP contribution in [-0.2, 0) is 0 Å². The molecule has 0 saturated heterocycles. The third kappa shape index (κ3) is 6.55. The van der Waals surface area contributed by atoms with Crippen molar-refractivity contribution < 1.29 is 27.4 Å². The van der Waals surface area contributed by atoms with Crippen LogP contribution < -0.4 is 15.4 Å². The average molecular weight is 450 g/mol. The van der Waals surface area contributed by atoms with Gasteiger partial charge in [-0.3, -0.25) is 0 Å². The topological polar surface area (TPSA) is 79.3 Å². The predicted molar refractivity (Wildman–Crippen MR) is 113 cm³/mol. The Kier molecular flexibility index (Phi) is 7.14. The maximum absolute atomic E-state index is 13.2. The van der Waals surface area contributed by atoms with Crippen molar-refractivity contribution in [3.63, 3.8) is 0 Å². The number of aromatic nitrogens is 2. The van der Waals surface area contributed by atoms with Crippen LogP contribution in [0.2, 0.25) is 0 Å². The van der Waals surface area contributed by atoms with Crippen LogP contribution in [0.5, 0.6) is 5.75 Å². The fourth-order valence-corrected chi connectivity index (χ4v) is 2.85. The third-order valence-corrected chi connectivity index (χ3v) is 4.52. The lowest BCUT2D eigenvalue weighted by atomic mass is 10.1. The van der Waals surface area contributed by atoms with Crippen LogP contribution in [0, 0.1) is 11.7 Å². The highest BCUT2D eigenvalue weighted by Crippen LogP contribution is 2.29. The van der Waals surface area contributed by atoms with Crippen molar-refractivity contribution in [1.29, 1.82) is 0 Å². The summed E-state index contributed by atoms with van der Waals surface area (Å²) in [4.78, 5) is 8.78. The maximum Gasteiger partial charge on any atom is 0.573 e. The van der Waals surface area contributed by atoms with Crippen LogP contribution in [0.25, 0.3) is 11.3 Å². The van der Waals surface area contributed by atoms with Gasteiger partial charge >= 0.3 is 6.36 Å². The summed E-state index contributed by atoms with van der Waals surface area (Å²) in [7, 11) is 0. The molecule has 3 rings (SSSR count). The molecule has 10 heteroatoms. The molecule has 0 aliphatic heterocycles. The lowest BCUT2D eigenvalue weighted by Gasteiger charge is -2.21. The molecular weight excluding hydrogens is 428 g/mol. The minimum atomic E-state index is -4.82. The van der Waals surface area contributed by atoms with Gasteiger partial charge in [-0.1, -0.05) is 26.0 Å². The molecule has 0 saturated carbocycles. The highest BCUT2D eigenvalue weighted by Gasteiger charge is 2.31. The van der Waals surface area contributed by atoms with Crippen LogP contribution in [-0.4, -0.2) is 34.1 Å². The van der Waals surface area contributed by atoms with E-state index in [1.165, 1.54) is 42.5 Å². The molecule has 1 aromatic heterocycles. The number of hydrogen-bond acceptors (Lipinski definition) is 6. The predicted octanol–water partition coefficient (Wildman–Crippen LogP) is 5.35. The Balaban J connectivity index is 1.99. The van der Waals surface area contributed by atoms with Crippen molar-refractivity contribution in [2.75, 3.05) is 17.2 Å². The van der Waals surface area contributed by atoms with Crippen molar-refractivity contribution in [2.45, 2.75) is 26.3 Å². The molecule has 0 amide bonds. The van der Waals surface area contributed by atoms with E-state index in [0.29, 0.717) is 22.8 Å². The molecule has 0 bridgehead atoms. The first-order chi connectivity index (χ1) is 15.1. The van der Waals surface area contributed by atoms with Gasteiger partial charge in [-0.05, 0) is 42.3 Å². The van der Waals surface area contributed by atoms with Crippen LogP contribution in [0.4, 0.5) is 35.0 Å².